The van der Waals surface area contributed by atoms with E-state index >= 15 is 0 Å². The fourth-order valence-corrected chi connectivity index (χ4v) is 1.55. The first-order valence-electron chi connectivity index (χ1n) is 6.00. The standard InChI is InChI=1S/C13H19N3O3/c1-8(2)11(13(18)19)15-12(17)10-7-9(16(3)4)5-6-14-10/h5-8,11H,1-4H3,(H,15,17)(H,18,19)/t11-/m0/s1. The van der Waals surface area contributed by atoms with Gasteiger partial charge >= 0.3 is 5.97 Å². The van der Waals surface area contributed by atoms with Crippen LogP contribution in [0.25, 0.3) is 0 Å². The third kappa shape index (κ3) is 3.94. The number of carboxylic acid groups (broad SMARTS) is 1. The fourth-order valence-electron chi connectivity index (χ4n) is 1.55. The molecule has 1 aromatic heterocycles. The van der Waals surface area contributed by atoms with Gasteiger partial charge in [0.25, 0.3) is 5.91 Å². The number of amides is 1. The lowest BCUT2D eigenvalue weighted by Gasteiger charge is -2.18. The van der Waals surface area contributed by atoms with Crippen molar-refractivity contribution in [3.63, 3.8) is 0 Å². The number of carboxylic acids is 1. The number of anilines is 1. The van der Waals surface area contributed by atoms with Gasteiger partial charge in [-0.15, -0.1) is 0 Å². The number of hydrogen-bond acceptors (Lipinski definition) is 4. The third-order valence-corrected chi connectivity index (χ3v) is 2.71. The lowest BCUT2D eigenvalue weighted by molar-refractivity contribution is -0.140. The molecule has 6 nitrogen and oxygen atoms in total. The molecule has 0 bridgehead atoms. The number of rotatable bonds is 5. The van der Waals surface area contributed by atoms with Crippen molar-refractivity contribution in [1.82, 2.24) is 10.3 Å². The summed E-state index contributed by atoms with van der Waals surface area (Å²) in [5.74, 6) is -1.73. The summed E-state index contributed by atoms with van der Waals surface area (Å²) >= 11 is 0. The average Bonchev–Trinajstić information content (AvgIpc) is 2.34. The molecule has 1 aromatic rings. The average molecular weight is 265 g/mol. The topological polar surface area (TPSA) is 82.5 Å². The van der Waals surface area contributed by atoms with Gasteiger partial charge < -0.3 is 15.3 Å². The maximum absolute atomic E-state index is 12.0. The van der Waals surface area contributed by atoms with Crippen LogP contribution < -0.4 is 10.2 Å². The third-order valence-electron chi connectivity index (χ3n) is 2.71. The van der Waals surface area contributed by atoms with Gasteiger partial charge in [-0.05, 0) is 18.1 Å². The molecule has 104 valence electrons. The summed E-state index contributed by atoms with van der Waals surface area (Å²) in [5, 5.41) is 11.5. The van der Waals surface area contributed by atoms with Gasteiger partial charge in [0, 0.05) is 26.0 Å². The van der Waals surface area contributed by atoms with Crippen LogP contribution in [0.1, 0.15) is 24.3 Å². The van der Waals surface area contributed by atoms with Crippen LogP contribution in [0.15, 0.2) is 18.3 Å². The minimum Gasteiger partial charge on any atom is -0.480 e. The number of carbonyl (C=O) groups is 2. The van der Waals surface area contributed by atoms with Gasteiger partial charge in [0.05, 0.1) is 0 Å². The van der Waals surface area contributed by atoms with Crippen molar-refractivity contribution < 1.29 is 14.7 Å². The number of nitrogens with zero attached hydrogens (tertiary/aromatic N) is 2. The van der Waals surface area contributed by atoms with Crippen molar-refractivity contribution in [1.29, 1.82) is 0 Å². The summed E-state index contributed by atoms with van der Waals surface area (Å²) in [6, 6.07) is 2.47. The quantitative estimate of drug-likeness (QED) is 0.829. The molecule has 19 heavy (non-hydrogen) atoms. The predicted octanol–water partition coefficient (Wildman–Crippen LogP) is 0.987. The number of carbonyl (C=O) groups excluding carboxylic acids is 1. The second kappa shape index (κ2) is 6.17. The summed E-state index contributed by atoms with van der Waals surface area (Å²) in [6.07, 6.45) is 1.52. The van der Waals surface area contributed by atoms with Gasteiger partial charge in [0.15, 0.2) is 0 Å². The molecule has 0 saturated heterocycles. The molecule has 0 aliphatic heterocycles. The van der Waals surface area contributed by atoms with Crippen molar-refractivity contribution in [2.24, 2.45) is 5.92 Å². The van der Waals surface area contributed by atoms with Crippen molar-refractivity contribution in [2.75, 3.05) is 19.0 Å². The molecule has 0 radical (unpaired) electrons. The van der Waals surface area contributed by atoms with Crippen LogP contribution in [-0.4, -0.2) is 42.1 Å². The molecule has 0 spiro atoms. The maximum atomic E-state index is 12.0. The molecule has 2 N–H and O–H groups in total. The number of pyridine rings is 1. The smallest absolute Gasteiger partial charge is 0.326 e. The Kier molecular flexibility index (Phi) is 4.86. The van der Waals surface area contributed by atoms with Crippen molar-refractivity contribution >= 4 is 17.6 Å². The zero-order valence-corrected chi connectivity index (χ0v) is 11.5. The van der Waals surface area contributed by atoms with Gasteiger partial charge in [-0.3, -0.25) is 9.78 Å². The first-order valence-corrected chi connectivity index (χ1v) is 6.00. The van der Waals surface area contributed by atoms with Crippen LogP contribution >= 0.6 is 0 Å². The highest BCUT2D eigenvalue weighted by Gasteiger charge is 2.24. The Morgan fingerprint density at radius 2 is 2.00 bits per heavy atom. The van der Waals surface area contributed by atoms with Crippen LogP contribution in [0, 0.1) is 5.92 Å². The molecular formula is C13H19N3O3. The SMILES string of the molecule is CC(C)[C@H](NC(=O)c1cc(N(C)C)ccn1)C(=O)O. The Balaban J connectivity index is 2.88. The molecule has 0 fully saturated rings. The Bertz CT molecular complexity index is 472. The van der Waals surface area contributed by atoms with Crippen LogP contribution in [0.2, 0.25) is 0 Å². The van der Waals surface area contributed by atoms with E-state index in [0.29, 0.717) is 0 Å². The van der Waals surface area contributed by atoms with Crippen molar-refractivity contribution in [3.05, 3.63) is 24.0 Å². The zero-order chi connectivity index (χ0) is 14.6. The maximum Gasteiger partial charge on any atom is 0.326 e. The molecule has 0 unspecified atom stereocenters. The molecule has 0 aliphatic rings. The number of nitrogens with one attached hydrogen (secondary N) is 1. The van der Waals surface area contributed by atoms with E-state index in [0.717, 1.165) is 5.69 Å². The van der Waals surface area contributed by atoms with E-state index in [9.17, 15) is 9.59 Å². The molecule has 1 heterocycles. The second-order valence-electron chi connectivity index (χ2n) is 4.83. The van der Waals surface area contributed by atoms with Crippen molar-refractivity contribution in [3.8, 4) is 0 Å². The van der Waals surface area contributed by atoms with Crippen LogP contribution in [0.5, 0.6) is 0 Å². The lowest BCUT2D eigenvalue weighted by Crippen LogP contribution is -2.44. The highest BCUT2D eigenvalue weighted by molar-refractivity contribution is 5.95. The highest BCUT2D eigenvalue weighted by atomic mass is 16.4. The number of hydrogen-bond donors (Lipinski definition) is 2. The fraction of sp³-hybridized carbons (Fsp3) is 0.462. The molecule has 1 amide bonds. The summed E-state index contributed by atoms with van der Waals surface area (Å²) in [7, 11) is 3.70. The Morgan fingerprint density at radius 1 is 1.37 bits per heavy atom. The monoisotopic (exact) mass is 265 g/mol. The Morgan fingerprint density at radius 3 is 2.47 bits per heavy atom. The molecule has 0 aliphatic carbocycles. The largest absolute Gasteiger partial charge is 0.480 e. The highest BCUT2D eigenvalue weighted by Crippen LogP contribution is 2.11. The number of aromatic nitrogens is 1. The molecule has 1 atom stereocenters. The minimum absolute atomic E-state index is 0.196. The summed E-state index contributed by atoms with van der Waals surface area (Å²) < 4.78 is 0. The summed E-state index contributed by atoms with van der Waals surface area (Å²) in [5.41, 5.74) is 1.04. The van der Waals surface area contributed by atoms with Crippen molar-refractivity contribution in [2.45, 2.75) is 19.9 Å². The van der Waals surface area contributed by atoms with E-state index in [1.165, 1.54) is 6.20 Å². The Labute approximate surface area is 112 Å². The van der Waals surface area contributed by atoms with E-state index in [2.05, 4.69) is 10.3 Å². The van der Waals surface area contributed by atoms with Crippen LogP contribution in [0.3, 0.4) is 0 Å². The van der Waals surface area contributed by atoms with Gasteiger partial charge in [-0.1, -0.05) is 13.8 Å². The zero-order valence-electron chi connectivity index (χ0n) is 11.5. The van der Waals surface area contributed by atoms with Gasteiger partial charge in [-0.25, -0.2) is 4.79 Å². The van der Waals surface area contributed by atoms with E-state index < -0.39 is 17.9 Å². The van der Waals surface area contributed by atoms with Gasteiger partial charge in [0.1, 0.15) is 11.7 Å². The molecule has 0 saturated carbocycles. The first kappa shape index (κ1) is 14.9. The normalized spacial score (nSPS) is 12.1. The van der Waals surface area contributed by atoms with E-state index in [1.807, 2.05) is 19.0 Å². The van der Waals surface area contributed by atoms with Crippen LogP contribution in [0.4, 0.5) is 5.69 Å². The Hall–Kier alpha value is -2.11. The molecule has 1 rings (SSSR count). The summed E-state index contributed by atoms with van der Waals surface area (Å²) in [4.78, 5) is 28.8. The first-order chi connectivity index (χ1) is 8.82. The van der Waals surface area contributed by atoms with Crippen LogP contribution in [-0.2, 0) is 4.79 Å². The number of aliphatic carboxylic acids is 1. The summed E-state index contributed by atoms with van der Waals surface area (Å²) in [6.45, 7) is 3.48. The molecular weight excluding hydrogens is 246 g/mol. The minimum atomic E-state index is -1.05. The van der Waals surface area contributed by atoms with Gasteiger partial charge in [-0.2, -0.15) is 0 Å². The van der Waals surface area contributed by atoms with E-state index in [-0.39, 0.29) is 11.6 Å². The van der Waals surface area contributed by atoms with Gasteiger partial charge in [0.2, 0.25) is 0 Å². The van der Waals surface area contributed by atoms with E-state index in [4.69, 9.17) is 5.11 Å². The second-order valence-corrected chi connectivity index (χ2v) is 4.83. The molecule has 6 heteroatoms. The lowest BCUT2D eigenvalue weighted by atomic mass is 10.0. The molecule has 0 aromatic carbocycles. The van der Waals surface area contributed by atoms with E-state index in [1.54, 1.807) is 26.0 Å². The predicted molar refractivity (Wildman–Crippen MR) is 72.3 cm³/mol.